The van der Waals surface area contributed by atoms with Crippen molar-refractivity contribution in [2.24, 2.45) is 5.92 Å². The van der Waals surface area contributed by atoms with Crippen LogP contribution < -0.4 is 5.32 Å². The Hall–Kier alpha value is -0.280. The SMILES string of the molecule is CC1CCOC1C(=O)NC1CCCCC1Cl. The summed E-state index contributed by atoms with van der Waals surface area (Å²) in [5.74, 6) is 0.361. The van der Waals surface area contributed by atoms with Gasteiger partial charge in [-0.15, -0.1) is 11.6 Å². The lowest BCUT2D eigenvalue weighted by Gasteiger charge is -2.29. The molecule has 4 heteroatoms. The van der Waals surface area contributed by atoms with Crippen molar-refractivity contribution in [1.29, 1.82) is 0 Å². The number of carbonyl (C=O) groups is 1. The third kappa shape index (κ3) is 2.69. The van der Waals surface area contributed by atoms with E-state index in [1.165, 1.54) is 6.42 Å². The van der Waals surface area contributed by atoms with Crippen LogP contribution in [-0.2, 0) is 9.53 Å². The molecule has 1 saturated carbocycles. The smallest absolute Gasteiger partial charge is 0.249 e. The Balaban J connectivity index is 1.86. The first-order valence-corrected chi connectivity index (χ1v) is 6.68. The summed E-state index contributed by atoms with van der Waals surface area (Å²) >= 11 is 6.21. The van der Waals surface area contributed by atoms with Crippen molar-refractivity contribution in [1.82, 2.24) is 5.32 Å². The number of nitrogens with one attached hydrogen (secondary N) is 1. The second-order valence-corrected chi connectivity index (χ2v) is 5.53. The number of amides is 1. The zero-order valence-corrected chi connectivity index (χ0v) is 10.5. The van der Waals surface area contributed by atoms with E-state index in [9.17, 15) is 4.79 Å². The van der Waals surface area contributed by atoms with Crippen molar-refractivity contribution in [3.8, 4) is 0 Å². The van der Waals surface area contributed by atoms with Crippen LogP contribution in [0.3, 0.4) is 0 Å². The molecule has 0 radical (unpaired) electrons. The molecule has 0 spiro atoms. The molecule has 16 heavy (non-hydrogen) atoms. The Bertz CT molecular complexity index is 259. The zero-order valence-electron chi connectivity index (χ0n) is 9.75. The van der Waals surface area contributed by atoms with Gasteiger partial charge >= 0.3 is 0 Å². The summed E-state index contributed by atoms with van der Waals surface area (Å²) < 4.78 is 5.45. The van der Waals surface area contributed by atoms with E-state index in [0.29, 0.717) is 12.5 Å². The van der Waals surface area contributed by atoms with Crippen LogP contribution in [0.2, 0.25) is 0 Å². The molecule has 0 aromatic carbocycles. The molecule has 0 bridgehead atoms. The highest BCUT2D eigenvalue weighted by Gasteiger charge is 2.33. The first-order chi connectivity index (χ1) is 7.68. The lowest BCUT2D eigenvalue weighted by atomic mass is 9.94. The molecule has 0 aromatic heterocycles. The van der Waals surface area contributed by atoms with Crippen molar-refractivity contribution in [2.45, 2.75) is 56.6 Å². The summed E-state index contributed by atoms with van der Waals surface area (Å²) in [7, 11) is 0. The molecule has 1 aliphatic carbocycles. The molecule has 2 rings (SSSR count). The summed E-state index contributed by atoms with van der Waals surface area (Å²) in [4.78, 5) is 12.0. The first-order valence-electron chi connectivity index (χ1n) is 6.24. The molecule has 1 amide bonds. The summed E-state index contributed by atoms with van der Waals surface area (Å²) in [6.45, 7) is 2.77. The van der Waals surface area contributed by atoms with Crippen LogP contribution in [0.4, 0.5) is 0 Å². The fraction of sp³-hybridized carbons (Fsp3) is 0.917. The molecule has 92 valence electrons. The minimum Gasteiger partial charge on any atom is -0.368 e. The van der Waals surface area contributed by atoms with E-state index in [1.807, 2.05) is 0 Å². The third-order valence-corrected chi connectivity index (χ3v) is 4.18. The maximum Gasteiger partial charge on any atom is 0.249 e. The van der Waals surface area contributed by atoms with Crippen LogP contribution in [0, 0.1) is 5.92 Å². The van der Waals surface area contributed by atoms with Gasteiger partial charge in [-0.2, -0.15) is 0 Å². The van der Waals surface area contributed by atoms with E-state index < -0.39 is 0 Å². The molecule has 2 fully saturated rings. The fourth-order valence-corrected chi connectivity index (χ4v) is 2.89. The molecule has 3 nitrogen and oxygen atoms in total. The number of halogens is 1. The molecule has 1 heterocycles. The number of hydrogen-bond donors (Lipinski definition) is 1. The lowest BCUT2D eigenvalue weighted by Crippen LogP contribution is -2.47. The molecule has 0 aromatic rings. The number of rotatable bonds is 2. The van der Waals surface area contributed by atoms with E-state index in [2.05, 4.69) is 12.2 Å². The number of alkyl halides is 1. The van der Waals surface area contributed by atoms with Crippen LogP contribution in [0.1, 0.15) is 39.0 Å². The molecule has 2 aliphatic rings. The van der Waals surface area contributed by atoms with Gasteiger partial charge in [0.2, 0.25) is 5.91 Å². The third-order valence-electron chi connectivity index (χ3n) is 3.66. The van der Waals surface area contributed by atoms with Crippen LogP contribution in [0.15, 0.2) is 0 Å². The van der Waals surface area contributed by atoms with E-state index in [-0.39, 0.29) is 23.4 Å². The van der Waals surface area contributed by atoms with E-state index >= 15 is 0 Å². The van der Waals surface area contributed by atoms with Gasteiger partial charge in [0.1, 0.15) is 6.10 Å². The van der Waals surface area contributed by atoms with Gasteiger partial charge in [-0.1, -0.05) is 19.8 Å². The van der Waals surface area contributed by atoms with Gasteiger partial charge in [-0.3, -0.25) is 4.79 Å². The topological polar surface area (TPSA) is 38.3 Å². The average molecular weight is 246 g/mol. The van der Waals surface area contributed by atoms with Crippen molar-refractivity contribution in [3.63, 3.8) is 0 Å². The second-order valence-electron chi connectivity index (χ2n) is 4.97. The summed E-state index contributed by atoms with van der Waals surface area (Å²) in [5.41, 5.74) is 0. The number of carbonyl (C=O) groups excluding carboxylic acids is 1. The van der Waals surface area contributed by atoms with Crippen molar-refractivity contribution in [2.75, 3.05) is 6.61 Å². The van der Waals surface area contributed by atoms with Gasteiger partial charge in [0.25, 0.3) is 0 Å². The largest absolute Gasteiger partial charge is 0.368 e. The van der Waals surface area contributed by atoms with Gasteiger partial charge < -0.3 is 10.1 Å². The zero-order chi connectivity index (χ0) is 11.5. The van der Waals surface area contributed by atoms with Crippen LogP contribution in [0.25, 0.3) is 0 Å². The van der Waals surface area contributed by atoms with Gasteiger partial charge in [-0.05, 0) is 25.2 Å². The molecule has 1 N–H and O–H groups in total. The highest BCUT2D eigenvalue weighted by atomic mass is 35.5. The summed E-state index contributed by atoms with van der Waals surface area (Å²) in [5, 5.41) is 3.14. The molecule has 4 unspecified atom stereocenters. The van der Waals surface area contributed by atoms with Crippen LogP contribution >= 0.6 is 11.6 Å². The highest BCUT2D eigenvalue weighted by molar-refractivity contribution is 6.21. The Morgan fingerprint density at radius 2 is 2.06 bits per heavy atom. The first kappa shape index (κ1) is 12.2. The average Bonchev–Trinajstić information content (AvgIpc) is 2.68. The van der Waals surface area contributed by atoms with E-state index in [4.69, 9.17) is 16.3 Å². The van der Waals surface area contributed by atoms with Gasteiger partial charge in [-0.25, -0.2) is 0 Å². The molecule has 4 atom stereocenters. The minimum absolute atomic E-state index is 0.0301. The van der Waals surface area contributed by atoms with Crippen LogP contribution in [0.5, 0.6) is 0 Å². The Kier molecular flexibility index (Phi) is 4.09. The quantitative estimate of drug-likeness (QED) is 0.757. The Morgan fingerprint density at radius 1 is 1.31 bits per heavy atom. The second kappa shape index (κ2) is 5.37. The summed E-state index contributed by atoms with van der Waals surface area (Å²) in [6.07, 6.45) is 5.07. The highest BCUT2D eigenvalue weighted by Crippen LogP contribution is 2.25. The maximum absolute atomic E-state index is 12.0. The Labute approximate surface area is 102 Å². The van der Waals surface area contributed by atoms with Gasteiger partial charge in [0.15, 0.2) is 0 Å². The summed E-state index contributed by atoms with van der Waals surface area (Å²) in [6, 6.07) is 0.138. The fourth-order valence-electron chi connectivity index (χ4n) is 2.54. The minimum atomic E-state index is -0.259. The molecule has 1 saturated heterocycles. The van der Waals surface area contributed by atoms with E-state index in [0.717, 1.165) is 25.7 Å². The van der Waals surface area contributed by atoms with Gasteiger partial charge in [0, 0.05) is 12.6 Å². The molecule has 1 aliphatic heterocycles. The van der Waals surface area contributed by atoms with E-state index in [1.54, 1.807) is 0 Å². The lowest BCUT2D eigenvalue weighted by molar-refractivity contribution is -0.132. The van der Waals surface area contributed by atoms with Crippen molar-refractivity contribution >= 4 is 17.5 Å². The van der Waals surface area contributed by atoms with Crippen LogP contribution in [-0.4, -0.2) is 30.0 Å². The Morgan fingerprint density at radius 3 is 2.69 bits per heavy atom. The monoisotopic (exact) mass is 245 g/mol. The predicted molar refractivity (Wildman–Crippen MR) is 63.6 cm³/mol. The molecular formula is C12H20ClNO2. The number of hydrogen-bond acceptors (Lipinski definition) is 2. The predicted octanol–water partition coefficient (Wildman–Crippen LogP) is 2.08. The van der Waals surface area contributed by atoms with Gasteiger partial charge in [0.05, 0.1) is 5.38 Å². The normalized spacial score (nSPS) is 39.6. The maximum atomic E-state index is 12.0. The standard InChI is InChI=1S/C12H20ClNO2/c1-8-6-7-16-11(8)12(15)14-10-5-3-2-4-9(10)13/h8-11H,2-7H2,1H3,(H,14,15). The molecular weight excluding hydrogens is 226 g/mol. The van der Waals surface area contributed by atoms with Crippen molar-refractivity contribution < 1.29 is 9.53 Å². The number of ether oxygens (including phenoxy) is 1. The van der Waals surface area contributed by atoms with Crippen molar-refractivity contribution in [3.05, 3.63) is 0 Å².